The molecule has 0 aliphatic rings. The highest BCUT2D eigenvalue weighted by molar-refractivity contribution is 6.42. The largest absolute Gasteiger partial charge is 0.492 e. The molecule has 0 aliphatic carbocycles. The van der Waals surface area contributed by atoms with Gasteiger partial charge in [0.05, 0.1) is 40.0 Å². The number of benzene rings is 5. The second-order valence-corrected chi connectivity index (χ2v) is 11.5. The van der Waals surface area contributed by atoms with E-state index < -0.39 is 0 Å². The maximum Gasteiger partial charge on any atom is 0.270 e. The van der Waals surface area contributed by atoms with Gasteiger partial charge in [-0.1, -0.05) is 59.6 Å². The van der Waals surface area contributed by atoms with Crippen molar-refractivity contribution in [3.05, 3.63) is 112 Å². The van der Waals surface area contributed by atoms with Crippen LogP contribution in [0.5, 0.6) is 11.5 Å². The molecule has 12 heteroatoms. The van der Waals surface area contributed by atoms with Gasteiger partial charge in [0.25, 0.3) is 11.8 Å². The molecule has 0 atom stereocenters. The van der Waals surface area contributed by atoms with E-state index in [1.165, 1.54) is 0 Å². The zero-order valence-corrected chi connectivity index (χ0v) is 27.2. The number of halogens is 2. The van der Waals surface area contributed by atoms with Gasteiger partial charge in [0.2, 0.25) is 0 Å². The highest BCUT2D eigenvalue weighted by Crippen LogP contribution is 2.40. The minimum absolute atomic E-state index is 0.259. The van der Waals surface area contributed by atoms with Crippen molar-refractivity contribution in [1.29, 1.82) is 0 Å². The van der Waals surface area contributed by atoms with Gasteiger partial charge in [-0.25, -0.2) is 4.68 Å². The van der Waals surface area contributed by atoms with Gasteiger partial charge in [0.1, 0.15) is 11.3 Å². The Labute approximate surface area is 283 Å². The summed E-state index contributed by atoms with van der Waals surface area (Å²) in [6.07, 6.45) is 0. The molecule has 0 saturated carbocycles. The molecule has 0 aliphatic heterocycles. The van der Waals surface area contributed by atoms with E-state index in [-0.39, 0.29) is 34.2 Å². The molecule has 5 aromatic carbocycles. The molecule has 0 radical (unpaired) electrons. The molecule has 7 aromatic rings. The van der Waals surface area contributed by atoms with E-state index in [2.05, 4.69) is 15.7 Å². The number of nitrogens with zero attached hydrogens (tertiary/aromatic N) is 1. The number of carbonyl (C=O) groups is 2. The first kappa shape index (κ1) is 31.0. The molecular formula is C36H28Cl2N4O6. The van der Waals surface area contributed by atoms with Gasteiger partial charge in [-0.2, -0.15) is 0 Å². The van der Waals surface area contributed by atoms with Gasteiger partial charge < -0.3 is 28.6 Å². The Hall–Kier alpha value is -5.58. The van der Waals surface area contributed by atoms with Crippen molar-refractivity contribution < 1.29 is 27.9 Å². The number of ether oxygens (including phenoxy) is 2. The Morgan fingerprint density at radius 3 is 2.10 bits per heavy atom. The first-order valence-electron chi connectivity index (χ1n) is 15.1. The van der Waals surface area contributed by atoms with Gasteiger partial charge in [-0.05, 0) is 44.2 Å². The van der Waals surface area contributed by atoms with Gasteiger partial charge in [-0.15, -0.1) is 0 Å². The summed E-state index contributed by atoms with van der Waals surface area (Å²) in [5.41, 5.74) is 7.71. The second kappa shape index (κ2) is 12.9. The molecule has 2 heterocycles. The smallest absolute Gasteiger partial charge is 0.270 e. The van der Waals surface area contributed by atoms with Crippen LogP contribution in [0.15, 0.2) is 99.8 Å². The fraction of sp³-hybridized carbons (Fsp3) is 0.111. The minimum Gasteiger partial charge on any atom is -0.492 e. The third kappa shape index (κ3) is 5.76. The van der Waals surface area contributed by atoms with Crippen LogP contribution in [0.3, 0.4) is 0 Å². The van der Waals surface area contributed by atoms with Crippen molar-refractivity contribution in [1.82, 2.24) is 9.66 Å². The molecule has 0 bridgehead atoms. The van der Waals surface area contributed by atoms with Gasteiger partial charge in [0, 0.05) is 35.4 Å². The number of anilines is 1. The summed E-state index contributed by atoms with van der Waals surface area (Å²) in [4.78, 5) is 30.0. The fourth-order valence-corrected chi connectivity index (χ4v) is 5.72. The van der Waals surface area contributed by atoms with E-state index in [9.17, 15) is 9.59 Å². The predicted octanol–water partition coefficient (Wildman–Crippen LogP) is 9.48. The molecule has 48 heavy (non-hydrogen) atoms. The van der Waals surface area contributed by atoms with Crippen molar-refractivity contribution in [3.8, 4) is 11.5 Å². The van der Waals surface area contributed by atoms with Crippen molar-refractivity contribution in [3.63, 3.8) is 0 Å². The Balaban J connectivity index is 1.48. The summed E-state index contributed by atoms with van der Waals surface area (Å²) in [6, 6.07) is 26.1. The fourth-order valence-electron chi connectivity index (χ4n) is 5.41. The van der Waals surface area contributed by atoms with Crippen LogP contribution < -0.4 is 20.2 Å². The minimum atomic E-state index is -0.382. The number of carbonyl (C=O) groups excluding carboxylic acids is 2. The van der Waals surface area contributed by atoms with Crippen LogP contribution in [0.1, 0.15) is 34.6 Å². The summed E-state index contributed by atoms with van der Waals surface area (Å²) in [7, 11) is 0. The van der Waals surface area contributed by atoms with Crippen LogP contribution >= 0.6 is 23.2 Å². The Morgan fingerprint density at radius 2 is 1.42 bits per heavy atom. The molecule has 0 fully saturated rings. The number of hydrogen-bond donors (Lipinski definition) is 3. The number of aromatic nitrogens is 2. The standard InChI is InChI=1S/C36H28Cl2N4O6/c1-3-45-28-17-25-29(18-24(28)40-35(43)20-11-7-5-8-12-20)48-33-26(39-25)19-31-32(34(33)46-4-2)42(41-36(44)21-13-9-6-10-14-21)27-15-22(37)23(38)16-30(27)47-31/h5-19,39H,3-4H2,1-2H3,(H,40,43)(H,41,44). The highest BCUT2D eigenvalue weighted by atomic mass is 35.5. The van der Waals surface area contributed by atoms with E-state index in [1.54, 1.807) is 83.5 Å². The van der Waals surface area contributed by atoms with Crippen LogP contribution in [0.2, 0.25) is 10.0 Å². The molecule has 3 N–H and O–H groups in total. The average molecular weight is 684 g/mol. The molecule has 7 rings (SSSR count). The van der Waals surface area contributed by atoms with Gasteiger partial charge in [-0.3, -0.25) is 15.0 Å². The number of amides is 2. The molecule has 0 spiro atoms. The van der Waals surface area contributed by atoms with Crippen LogP contribution in [0, 0.1) is 0 Å². The number of fused-ring (bicyclic) bond motifs is 4. The number of rotatable bonds is 8. The maximum absolute atomic E-state index is 13.5. The van der Waals surface area contributed by atoms with E-state index in [4.69, 9.17) is 41.5 Å². The average Bonchev–Trinajstić information content (AvgIpc) is 3.09. The number of H-pyrrole nitrogens is 1. The van der Waals surface area contributed by atoms with Gasteiger partial charge in [0.15, 0.2) is 33.6 Å². The van der Waals surface area contributed by atoms with E-state index >= 15 is 0 Å². The first-order chi connectivity index (χ1) is 23.3. The van der Waals surface area contributed by atoms with Crippen LogP contribution in [-0.2, 0) is 0 Å². The van der Waals surface area contributed by atoms with E-state index in [0.717, 1.165) is 0 Å². The Bertz CT molecular complexity index is 2390. The summed E-state index contributed by atoms with van der Waals surface area (Å²) < 4.78 is 26.6. The summed E-state index contributed by atoms with van der Waals surface area (Å²) in [5.74, 6) is 0.0583. The number of aromatic amines is 1. The normalized spacial score (nSPS) is 11.2. The van der Waals surface area contributed by atoms with E-state index in [0.29, 0.717) is 73.6 Å². The lowest BCUT2D eigenvalue weighted by Gasteiger charge is -2.20. The molecular weight excluding hydrogens is 655 g/mol. The lowest BCUT2D eigenvalue weighted by atomic mass is 10.2. The SMILES string of the molecule is CCOc1cc2[nH]c3cc4oc5cc(Cl)c(Cl)cc5n(NC(=O)c5ccccc5)c4c(OCC)c3oc2cc1NC(=O)c1ccccc1. The van der Waals surface area contributed by atoms with Crippen molar-refractivity contribution >= 4 is 85.1 Å². The predicted molar refractivity (Wildman–Crippen MR) is 188 cm³/mol. The van der Waals surface area contributed by atoms with Crippen molar-refractivity contribution in [2.45, 2.75) is 13.8 Å². The summed E-state index contributed by atoms with van der Waals surface area (Å²) >= 11 is 12.8. The first-order valence-corrected chi connectivity index (χ1v) is 15.9. The third-order valence-corrected chi connectivity index (χ3v) is 8.27. The number of nitrogens with one attached hydrogen (secondary N) is 3. The topological polar surface area (TPSA) is 124 Å². The zero-order valence-electron chi connectivity index (χ0n) is 25.7. The Morgan fingerprint density at radius 1 is 0.750 bits per heavy atom. The van der Waals surface area contributed by atoms with Gasteiger partial charge >= 0.3 is 0 Å². The maximum atomic E-state index is 13.5. The lowest BCUT2D eigenvalue weighted by molar-refractivity contribution is 0.100. The van der Waals surface area contributed by atoms with Crippen LogP contribution in [0.4, 0.5) is 5.69 Å². The monoisotopic (exact) mass is 682 g/mol. The lowest BCUT2D eigenvalue weighted by Crippen LogP contribution is -2.24. The zero-order chi connectivity index (χ0) is 33.4. The Kier molecular flexibility index (Phi) is 8.34. The quantitative estimate of drug-likeness (QED) is 0.137. The molecule has 10 nitrogen and oxygen atoms in total. The summed E-state index contributed by atoms with van der Waals surface area (Å²) in [6.45, 7) is 4.33. The molecule has 0 unspecified atom stereocenters. The van der Waals surface area contributed by atoms with E-state index in [1.807, 2.05) is 26.0 Å². The number of hydrogen-bond acceptors (Lipinski definition) is 6. The second-order valence-electron chi connectivity index (χ2n) is 10.7. The van der Waals surface area contributed by atoms with Crippen LogP contribution in [0.25, 0.3) is 44.4 Å². The van der Waals surface area contributed by atoms with Crippen LogP contribution in [-0.4, -0.2) is 34.7 Å². The molecule has 2 amide bonds. The summed E-state index contributed by atoms with van der Waals surface area (Å²) in [5, 5.41) is 3.48. The van der Waals surface area contributed by atoms with Crippen molar-refractivity contribution in [2.75, 3.05) is 24.0 Å². The molecule has 0 saturated heterocycles. The molecule has 242 valence electrons. The molecule has 2 aromatic heterocycles. The van der Waals surface area contributed by atoms with Crippen molar-refractivity contribution in [2.24, 2.45) is 0 Å². The third-order valence-electron chi connectivity index (χ3n) is 7.55. The highest BCUT2D eigenvalue weighted by Gasteiger charge is 2.23.